The van der Waals surface area contributed by atoms with Crippen LogP contribution >= 0.6 is 0 Å². The van der Waals surface area contributed by atoms with Gasteiger partial charge in [0.1, 0.15) is 5.75 Å². The minimum Gasteiger partial charge on any atom is -0.497 e. The Labute approximate surface area is 148 Å². The molecule has 0 atom stereocenters. The van der Waals surface area contributed by atoms with Crippen LogP contribution in [-0.4, -0.2) is 26.7 Å². The lowest BCUT2D eigenvalue weighted by Gasteiger charge is -2.10. The number of ether oxygens (including phenoxy) is 3. The average Bonchev–Trinajstić information content (AvgIpc) is 2.65. The second-order valence-electron chi connectivity index (χ2n) is 5.31. The van der Waals surface area contributed by atoms with Crippen molar-refractivity contribution < 1.29 is 19.0 Å². The Balaban J connectivity index is 2.03. The Morgan fingerprint density at radius 3 is 2.64 bits per heavy atom. The molecular weight excluding hydrogens is 318 g/mol. The zero-order valence-electron chi connectivity index (χ0n) is 14.7. The second-order valence-corrected chi connectivity index (χ2v) is 5.31. The lowest BCUT2D eigenvalue weighted by atomic mass is 10.2. The summed E-state index contributed by atoms with van der Waals surface area (Å²) in [5.74, 6) is 1.80. The molecule has 0 aromatic heterocycles. The number of methoxy groups -OCH3 is 2. The second kappa shape index (κ2) is 9.37. The zero-order valence-corrected chi connectivity index (χ0v) is 14.7. The molecule has 0 saturated heterocycles. The quantitative estimate of drug-likeness (QED) is 0.733. The Bertz CT molecular complexity index is 740. The van der Waals surface area contributed by atoms with Gasteiger partial charge in [0, 0.05) is 17.8 Å². The maximum absolute atomic E-state index is 12.1. The maximum atomic E-state index is 12.1. The highest BCUT2D eigenvalue weighted by Crippen LogP contribution is 2.28. The van der Waals surface area contributed by atoms with Crippen molar-refractivity contribution in [1.29, 1.82) is 0 Å². The van der Waals surface area contributed by atoms with Gasteiger partial charge in [0.2, 0.25) is 5.91 Å². The van der Waals surface area contributed by atoms with Crippen molar-refractivity contribution in [2.75, 3.05) is 26.1 Å². The van der Waals surface area contributed by atoms with Crippen LogP contribution in [-0.2, 0) is 4.79 Å². The molecule has 0 spiro atoms. The van der Waals surface area contributed by atoms with Gasteiger partial charge in [0.25, 0.3) is 0 Å². The highest BCUT2D eigenvalue weighted by Gasteiger charge is 2.05. The van der Waals surface area contributed by atoms with Crippen LogP contribution in [0.2, 0.25) is 0 Å². The number of rotatable bonds is 8. The van der Waals surface area contributed by atoms with Crippen LogP contribution in [0.5, 0.6) is 17.2 Å². The Morgan fingerprint density at radius 1 is 1.08 bits per heavy atom. The lowest BCUT2D eigenvalue weighted by Crippen LogP contribution is -2.07. The first kappa shape index (κ1) is 18.4. The molecule has 0 saturated carbocycles. The van der Waals surface area contributed by atoms with Gasteiger partial charge in [-0.1, -0.05) is 19.1 Å². The molecule has 0 aliphatic rings. The third kappa shape index (κ3) is 5.57. The lowest BCUT2D eigenvalue weighted by molar-refractivity contribution is -0.111. The van der Waals surface area contributed by atoms with Crippen molar-refractivity contribution in [3.05, 3.63) is 54.1 Å². The number of amides is 1. The zero-order chi connectivity index (χ0) is 18.1. The van der Waals surface area contributed by atoms with E-state index >= 15 is 0 Å². The molecule has 0 aliphatic carbocycles. The molecule has 2 aromatic rings. The number of carbonyl (C=O) groups excluding carboxylic acids is 1. The minimum atomic E-state index is -0.224. The van der Waals surface area contributed by atoms with Crippen LogP contribution in [0.3, 0.4) is 0 Å². The molecule has 2 rings (SSSR count). The summed E-state index contributed by atoms with van der Waals surface area (Å²) < 4.78 is 16.1. The van der Waals surface area contributed by atoms with Crippen LogP contribution < -0.4 is 19.5 Å². The molecule has 5 heteroatoms. The summed E-state index contributed by atoms with van der Waals surface area (Å²) in [7, 11) is 3.18. The van der Waals surface area contributed by atoms with Gasteiger partial charge >= 0.3 is 0 Å². The van der Waals surface area contributed by atoms with Crippen LogP contribution in [0, 0.1) is 0 Å². The fraction of sp³-hybridized carbons (Fsp3) is 0.250. The predicted octanol–water partition coefficient (Wildman–Crippen LogP) is 4.14. The van der Waals surface area contributed by atoms with E-state index in [-0.39, 0.29) is 5.91 Å². The van der Waals surface area contributed by atoms with E-state index in [4.69, 9.17) is 14.2 Å². The average molecular weight is 341 g/mol. The predicted molar refractivity (Wildman–Crippen MR) is 99.4 cm³/mol. The van der Waals surface area contributed by atoms with E-state index in [1.807, 2.05) is 37.3 Å². The summed E-state index contributed by atoms with van der Waals surface area (Å²) in [6.45, 7) is 2.68. The van der Waals surface area contributed by atoms with Gasteiger partial charge < -0.3 is 19.5 Å². The van der Waals surface area contributed by atoms with Crippen LogP contribution in [0.25, 0.3) is 6.08 Å². The Kier molecular flexibility index (Phi) is 6.89. The molecule has 0 bridgehead atoms. The summed E-state index contributed by atoms with van der Waals surface area (Å²) >= 11 is 0. The highest BCUT2D eigenvalue weighted by atomic mass is 16.5. The molecule has 2 aromatic carbocycles. The van der Waals surface area contributed by atoms with Crippen molar-refractivity contribution in [3.63, 3.8) is 0 Å². The van der Waals surface area contributed by atoms with Crippen molar-refractivity contribution in [1.82, 2.24) is 0 Å². The summed E-state index contributed by atoms with van der Waals surface area (Å²) in [5.41, 5.74) is 1.52. The van der Waals surface area contributed by atoms with Gasteiger partial charge in [-0.05, 0) is 42.3 Å². The summed E-state index contributed by atoms with van der Waals surface area (Å²) in [4.78, 5) is 12.1. The fourth-order valence-corrected chi connectivity index (χ4v) is 2.18. The molecule has 25 heavy (non-hydrogen) atoms. The summed E-state index contributed by atoms with van der Waals surface area (Å²) in [5, 5.41) is 2.79. The van der Waals surface area contributed by atoms with Crippen LogP contribution in [0.15, 0.2) is 48.5 Å². The molecule has 0 aliphatic heterocycles. The SMILES string of the molecule is CCCOc1ccc(C=CC(=O)Nc2cccc(OC)c2)cc1OC. The fourth-order valence-electron chi connectivity index (χ4n) is 2.18. The molecule has 0 fully saturated rings. The Hall–Kier alpha value is -2.95. The first-order valence-electron chi connectivity index (χ1n) is 8.10. The van der Waals surface area contributed by atoms with Gasteiger partial charge in [-0.2, -0.15) is 0 Å². The highest BCUT2D eigenvalue weighted by molar-refractivity contribution is 6.02. The molecular formula is C20H23NO4. The van der Waals surface area contributed by atoms with Crippen molar-refractivity contribution >= 4 is 17.7 Å². The molecule has 132 valence electrons. The van der Waals surface area contributed by atoms with E-state index in [9.17, 15) is 4.79 Å². The number of anilines is 1. The molecule has 0 radical (unpaired) electrons. The van der Waals surface area contributed by atoms with Crippen molar-refractivity contribution in [2.24, 2.45) is 0 Å². The smallest absolute Gasteiger partial charge is 0.248 e. The molecule has 0 heterocycles. The van der Waals surface area contributed by atoms with E-state index in [1.54, 1.807) is 32.4 Å². The number of hydrogen-bond acceptors (Lipinski definition) is 4. The van der Waals surface area contributed by atoms with E-state index in [0.717, 1.165) is 12.0 Å². The van der Waals surface area contributed by atoms with Gasteiger partial charge in [-0.15, -0.1) is 0 Å². The van der Waals surface area contributed by atoms with Crippen molar-refractivity contribution in [2.45, 2.75) is 13.3 Å². The first-order valence-corrected chi connectivity index (χ1v) is 8.10. The summed E-state index contributed by atoms with van der Waals surface area (Å²) in [6, 6.07) is 12.8. The van der Waals surface area contributed by atoms with Gasteiger partial charge in [0.05, 0.1) is 20.8 Å². The first-order chi connectivity index (χ1) is 12.2. The molecule has 1 N–H and O–H groups in total. The summed E-state index contributed by atoms with van der Waals surface area (Å²) in [6.07, 6.45) is 4.12. The monoisotopic (exact) mass is 341 g/mol. The van der Waals surface area contributed by atoms with Gasteiger partial charge in [-0.25, -0.2) is 0 Å². The minimum absolute atomic E-state index is 0.224. The molecule has 5 nitrogen and oxygen atoms in total. The van der Waals surface area contributed by atoms with Gasteiger partial charge in [-0.3, -0.25) is 4.79 Å². The number of hydrogen-bond donors (Lipinski definition) is 1. The maximum Gasteiger partial charge on any atom is 0.248 e. The Morgan fingerprint density at radius 2 is 1.92 bits per heavy atom. The molecule has 1 amide bonds. The largest absolute Gasteiger partial charge is 0.497 e. The number of carbonyl (C=O) groups is 1. The van der Waals surface area contributed by atoms with Crippen LogP contribution in [0.4, 0.5) is 5.69 Å². The van der Waals surface area contributed by atoms with Crippen LogP contribution in [0.1, 0.15) is 18.9 Å². The topological polar surface area (TPSA) is 56.8 Å². The van der Waals surface area contributed by atoms with E-state index in [1.165, 1.54) is 6.08 Å². The normalized spacial score (nSPS) is 10.5. The number of benzene rings is 2. The van der Waals surface area contributed by atoms with E-state index < -0.39 is 0 Å². The van der Waals surface area contributed by atoms with Crippen molar-refractivity contribution in [3.8, 4) is 17.2 Å². The van der Waals surface area contributed by atoms with E-state index in [0.29, 0.717) is 29.5 Å². The van der Waals surface area contributed by atoms with E-state index in [2.05, 4.69) is 5.32 Å². The third-order valence-corrected chi connectivity index (χ3v) is 3.41. The number of nitrogens with one attached hydrogen (secondary N) is 1. The third-order valence-electron chi connectivity index (χ3n) is 3.41. The molecule has 0 unspecified atom stereocenters. The standard InChI is InChI=1S/C20H23NO4/c1-4-12-25-18-10-8-15(13-19(18)24-3)9-11-20(22)21-16-6-5-7-17(14-16)23-2/h5-11,13-14H,4,12H2,1-3H3,(H,21,22). The van der Waals surface area contributed by atoms with Gasteiger partial charge in [0.15, 0.2) is 11.5 Å².